The van der Waals surface area contributed by atoms with Crippen LogP contribution in [0.4, 0.5) is 0 Å². The summed E-state index contributed by atoms with van der Waals surface area (Å²) in [4.78, 5) is 0. The maximum atomic E-state index is 12.3. The molecule has 0 bridgehead atoms. The summed E-state index contributed by atoms with van der Waals surface area (Å²) in [6.07, 6.45) is 2.03. The highest BCUT2D eigenvalue weighted by Crippen LogP contribution is 2.25. The van der Waals surface area contributed by atoms with Gasteiger partial charge in [-0.25, -0.2) is 12.7 Å². The third-order valence-corrected chi connectivity index (χ3v) is 5.90. The molecule has 1 aromatic rings. The van der Waals surface area contributed by atoms with E-state index in [-0.39, 0.29) is 5.75 Å². The third kappa shape index (κ3) is 3.85. The van der Waals surface area contributed by atoms with Crippen molar-refractivity contribution in [3.63, 3.8) is 0 Å². The molecule has 1 aliphatic heterocycles. The van der Waals surface area contributed by atoms with Gasteiger partial charge < -0.3 is 0 Å². The quantitative estimate of drug-likeness (QED) is 0.853. The van der Waals surface area contributed by atoms with Crippen molar-refractivity contribution in [3.05, 3.63) is 33.8 Å². The van der Waals surface area contributed by atoms with Crippen LogP contribution >= 0.6 is 23.2 Å². The first kappa shape index (κ1) is 15.1. The molecule has 1 aliphatic rings. The van der Waals surface area contributed by atoms with Crippen molar-refractivity contribution in [2.75, 3.05) is 13.1 Å². The molecule has 106 valence electrons. The molecule has 1 saturated heterocycles. The van der Waals surface area contributed by atoms with Gasteiger partial charge in [-0.1, -0.05) is 36.2 Å². The van der Waals surface area contributed by atoms with Gasteiger partial charge >= 0.3 is 0 Å². The van der Waals surface area contributed by atoms with Crippen LogP contribution in [0.5, 0.6) is 0 Å². The van der Waals surface area contributed by atoms with Gasteiger partial charge in [0.25, 0.3) is 0 Å². The van der Waals surface area contributed by atoms with E-state index < -0.39 is 10.0 Å². The summed E-state index contributed by atoms with van der Waals surface area (Å²) in [5.74, 6) is 0.411. The Morgan fingerprint density at radius 3 is 2.68 bits per heavy atom. The summed E-state index contributed by atoms with van der Waals surface area (Å²) in [5, 5.41) is 0.829. The van der Waals surface area contributed by atoms with E-state index in [1.165, 1.54) is 0 Å². The Balaban J connectivity index is 2.14. The molecule has 6 heteroatoms. The van der Waals surface area contributed by atoms with Gasteiger partial charge in [0.05, 0.1) is 15.8 Å². The van der Waals surface area contributed by atoms with E-state index in [9.17, 15) is 8.42 Å². The molecular formula is C13H17Cl2NO2S. The van der Waals surface area contributed by atoms with Crippen LogP contribution in [-0.2, 0) is 15.8 Å². The number of sulfonamides is 1. The van der Waals surface area contributed by atoms with E-state index in [4.69, 9.17) is 23.2 Å². The molecule has 0 saturated carbocycles. The molecule has 0 aliphatic carbocycles. The van der Waals surface area contributed by atoms with Crippen LogP contribution in [-0.4, -0.2) is 25.8 Å². The van der Waals surface area contributed by atoms with Crippen molar-refractivity contribution < 1.29 is 8.42 Å². The molecule has 0 aromatic heterocycles. The average Bonchev–Trinajstić information content (AvgIpc) is 2.33. The van der Waals surface area contributed by atoms with Crippen LogP contribution in [0.2, 0.25) is 10.0 Å². The molecule has 0 amide bonds. The molecular weight excluding hydrogens is 305 g/mol. The molecule has 0 N–H and O–H groups in total. The molecule has 0 radical (unpaired) electrons. The molecule has 2 rings (SSSR count). The first-order valence-electron chi connectivity index (χ1n) is 6.30. The van der Waals surface area contributed by atoms with Gasteiger partial charge in [-0.05, 0) is 36.5 Å². The van der Waals surface area contributed by atoms with E-state index in [1.807, 2.05) is 0 Å². The lowest BCUT2D eigenvalue weighted by molar-refractivity contribution is 0.281. The van der Waals surface area contributed by atoms with Gasteiger partial charge in [-0.2, -0.15) is 0 Å². The molecule has 3 nitrogen and oxygen atoms in total. The van der Waals surface area contributed by atoms with E-state index in [2.05, 4.69) is 6.92 Å². The lowest BCUT2D eigenvalue weighted by Crippen LogP contribution is -2.39. The zero-order valence-corrected chi connectivity index (χ0v) is 13.1. The van der Waals surface area contributed by atoms with Crippen molar-refractivity contribution in [2.45, 2.75) is 25.5 Å². The minimum atomic E-state index is -3.27. The Morgan fingerprint density at radius 2 is 2.05 bits per heavy atom. The Labute approximate surface area is 124 Å². The summed E-state index contributed by atoms with van der Waals surface area (Å²) in [6, 6.07) is 4.96. The summed E-state index contributed by atoms with van der Waals surface area (Å²) >= 11 is 11.7. The number of hydrogen-bond donors (Lipinski definition) is 0. The van der Waals surface area contributed by atoms with Crippen molar-refractivity contribution in [2.24, 2.45) is 5.92 Å². The molecule has 0 spiro atoms. The van der Waals surface area contributed by atoms with Crippen LogP contribution in [0.1, 0.15) is 25.3 Å². The standard InChI is InChI=1S/C13H17Cl2NO2S/c1-10-3-2-6-16(8-10)19(17,18)9-11-4-5-12(14)13(15)7-11/h4-5,7,10H,2-3,6,8-9H2,1H3/t10-/m0/s1. The lowest BCUT2D eigenvalue weighted by atomic mass is 10.0. The topological polar surface area (TPSA) is 37.4 Å². The Morgan fingerprint density at radius 1 is 1.32 bits per heavy atom. The van der Waals surface area contributed by atoms with Gasteiger partial charge in [0.15, 0.2) is 0 Å². The molecule has 19 heavy (non-hydrogen) atoms. The van der Waals surface area contributed by atoms with E-state index >= 15 is 0 Å². The minimum absolute atomic E-state index is 0.0173. The number of halogens is 2. The SMILES string of the molecule is C[C@H]1CCCN(S(=O)(=O)Cc2ccc(Cl)c(Cl)c2)C1. The van der Waals surface area contributed by atoms with Crippen LogP contribution < -0.4 is 0 Å². The number of nitrogens with zero attached hydrogens (tertiary/aromatic N) is 1. The summed E-state index contributed by atoms with van der Waals surface area (Å²) in [7, 11) is -3.27. The van der Waals surface area contributed by atoms with Gasteiger partial charge in [-0.3, -0.25) is 0 Å². The normalized spacial score (nSPS) is 21.5. The Hall–Kier alpha value is -0.290. The largest absolute Gasteiger partial charge is 0.218 e. The highest BCUT2D eigenvalue weighted by molar-refractivity contribution is 7.88. The van der Waals surface area contributed by atoms with Crippen molar-refractivity contribution >= 4 is 33.2 Å². The third-order valence-electron chi connectivity index (χ3n) is 3.35. The number of benzene rings is 1. The molecule has 1 heterocycles. The van der Waals surface area contributed by atoms with Crippen molar-refractivity contribution in [1.82, 2.24) is 4.31 Å². The first-order valence-corrected chi connectivity index (χ1v) is 8.67. The minimum Gasteiger partial charge on any atom is -0.212 e. The summed E-state index contributed by atoms with van der Waals surface area (Å²) in [5.41, 5.74) is 0.674. The highest BCUT2D eigenvalue weighted by atomic mass is 35.5. The van der Waals surface area contributed by atoms with Gasteiger partial charge in [-0.15, -0.1) is 0 Å². The van der Waals surface area contributed by atoms with E-state index in [0.717, 1.165) is 12.8 Å². The van der Waals surface area contributed by atoms with E-state index in [1.54, 1.807) is 22.5 Å². The Kier molecular flexibility index (Phi) is 4.77. The van der Waals surface area contributed by atoms with Gasteiger partial charge in [0.2, 0.25) is 10.0 Å². The van der Waals surface area contributed by atoms with Crippen LogP contribution in [0.3, 0.4) is 0 Å². The molecule has 1 fully saturated rings. The Bertz CT molecular complexity index is 560. The average molecular weight is 322 g/mol. The first-order chi connectivity index (χ1) is 8.88. The highest BCUT2D eigenvalue weighted by Gasteiger charge is 2.27. The number of rotatable bonds is 3. The van der Waals surface area contributed by atoms with E-state index in [0.29, 0.717) is 34.6 Å². The number of piperidine rings is 1. The van der Waals surface area contributed by atoms with Gasteiger partial charge in [0, 0.05) is 13.1 Å². The molecule has 0 unspecified atom stereocenters. The van der Waals surface area contributed by atoms with Crippen LogP contribution in [0.15, 0.2) is 18.2 Å². The molecule has 1 aromatic carbocycles. The number of hydrogen-bond acceptors (Lipinski definition) is 2. The maximum absolute atomic E-state index is 12.3. The molecule has 1 atom stereocenters. The monoisotopic (exact) mass is 321 g/mol. The van der Waals surface area contributed by atoms with Crippen LogP contribution in [0.25, 0.3) is 0 Å². The summed E-state index contributed by atoms with van der Waals surface area (Å²) < 4.78 is 26.3. The second-order valence-corrected chi connectivity index (χ2v) is 7.89. The second kappa shape index (κ2) is 6.00. The fourth-order valence-corrected chi connectivity index (χ4v) is 4.32. The predicted octanol–water partition coefficient (Wildman–Crippen LogP) is 3.56. The smallest absolute Gasteiger partial charge is 0.212 e. The maximum Gasteiger partial charge on any atom is 0.218 e. The second-order valence-electron chi connectivity index (χ2n) is 5.11. The van der Waals surface area contributed by atoms with Crippen molar-refractivity contribution in [3.8, 4) is 0 Å². The van der Waals surface area contributed by atoms with Gasteiger partial charge in [0.1, 0.15) is 0 Å². The zero-order chi connectivity index (χ0) is 14.0. The predicted molar refractivity (Wildman–Crippen MR) is 79.1 cm³/mol. The lowest BCUT2D eigenvalue weighted by Gasteiger charge is -2.30. The fourth-order valence-electron chi connectivity index (χ4n) is 2.33. The fraction of sp³-hybridized carbons (Fsp3) is 0.538. The zero-order valence-electron chi connectivity index (χ0n) is 10.8. The van der Waals surface area contributed by atoms with Crippen LogP contribution in [0, 0.1) is 5.92 Å². The summed E-state index contributed by atoms with van der Waals surface area (Å²) in [6.45, 7) is 3.32. The van der Waals surface area contributed by atoms with Crippen molar-refractivity contribution in [1.29, 1.82) is 0 Å².